The van der Waals surface area contributed by atoms with E-state index in [4.69, 9.17) is 27.9 Å². The van der Waals surface area contributed by atoms with Crippen LogP contribution >= 0.6 is 23.2 Å². The van der Waals surface area contributed by atoms with Gasteiger partial charge in [-0.25, -0.2) is 0 Å². The molecule has 2 aromatic carbocycles. The maximum Gasteiger partial charge on any atom is 0.295 e. The number of carbonyl (C=O) groups excluding carboxylic acids is 2. The fraction of sp³-hybridized carbons (Fsp3) is 0.407. The first-order valence-electron chi connectivity index (χ1n) is 11.9. The first-order valence-corrected chi connectivity index (χ1v) is 12.6. The highest BCUT2D eigenvalue weighted by molar-refractivity contribution is 6.47. The minimum atomic E-state index is -0.827. The normalized spacial score (nSPS) is 17.6. The Hall–Kier alpha value is -2.54. The predicted molar refractivity (Wildman–Crippen MR) is 140 cm³/mol. The number of amides is 1. The van der Waals surface area contributed by atoms with E-state index < -0.39 is 17.7 Å². The van der Waals surface area contributed by atoms with Crippen molar-refractivity contribution >= 4 is 40.7 Å². The van der Waals surface area contributed by atoms with Crippen molar-refractivity contribution in [2.24, 2.45) is 5.92 Å². The molecule has 1 aliphatic heterocycles. The standard InChI is InChI=1S/C27H32Cl2N2O4/c1-5-30(6-2)13-14-31-24(21-12-9-19(28)15-22(21)29)23(26(33)27(31)34)25(32)18-7-10-20(11-8-18)35-16-17(3)4/h7-12,15,17,24,32H,5-6,13-14,16H2,1-4H3/b25-23+. The third-order valence-corrected chi connectivity index (χ3v) is 6.62. The Morgan fingerprint density at radius 1 is 1.09 bits per heavy atom. The lowest BCUT2D eigenvalue weighted by atomic mass is 9.95. The summed E-state index contributed by atoms with van der Waals surface area (Å²) in [6.07, 6.45) is 0. The maximum atomic E-state index is 13.2. The number of ketones is 1. The van der Waals surface area contributed by atoms with E-state index in [0.29, 0.717) is 52.5 Å². The number of carbonyl (C=O) groups is 2. The number of aliphatic hydroxyl groups is 1. The smallest absolute Gasteiger partial charge is 0.295 e. The molecule has 0 spiro atoms. The first-order chi connectivity index (χ1) is 16.7. The first kappa shape index (κ1) is 27.1. The van der Waals surface area contributed by atoms with Crippen LogP contribution in [0.1, 0.15) is 44.9 Å². The van der Waals surface area contributed by atoms with Crippen molar-refractivity contribution in [3.05, 3.63) is 69.2 Å². The number of rotatable bonds is 10. The van der Waals surface area contributed by atoms with Gasteiger partial charge in [-0.1, -0.05) is 57.0 Å². The van der Waals surface area contributed by atoms with E-state index in [-0.39, 0.29) is 11.3 Å². The third kappa shape index (κ3) is 6.18. The summed E-state index contributed by atoms with van der Waals surface area (Å²) in [5, 5.41) is 12.0. The maximum absolute atomic E-state index is 13.2. The SMILES string of the molecule is CCN(CC)CCN1C(=O)C(=O)/C(=C(/O)c2ccc(OCC(C)C)cc2)C1c1ccc(Cl)cc1Cl. The quantitative estimate of drug-likeness (QED) is 0.244. The number of benzene rings is 2. The van der Waals surface area contributed by atoms with Crippen molar-refractivity contribution < 1.29 is 19.4 Å². The van der Waals surface area contributed by atoms with Gasteiger partial charge in [-0.3, -0.25) is 9.59 Å². The highest BCUT2D eigenvalue weighted by Crippen LogP contribution is 2.42. The molecule has 8 heteroatoms. The molecule has 1 atom stereocenters. The second kappa shape index (κ2) is 11.9. The Bertz CT molecular complexity index is 1090. The summed E-state index contributed by atoms with van der Waals surface area (Å²) in [6, 6.07) is 10.9. The van der Waals surface area contributed by atoms with Gasteiger partial charge in [0.25, 0.3) is 11.7 Å². The molecule has 188 valence electrons. The topological polar surface area (TPSA) is 70.1 Å². The van der Waals surface area contributed by atoms with Crippen LogP contribution in [-0.4, -0.2) is 59.4 Å². The van der Waals surface area contributed by atoms with Gasteiger partial charge in [0, 0.05) is 28.7 Å². The summed E-state index contributed by atoms with van der Waals surface area (Å²) < 4.78 is 5.71. The van der Waals surface area contributed by atoms with Crippen LogP contribution in [0.3, 0.4) is 0 Å². The summed E-state index contributed by atoms with van der Waals surface area (Å²) in [4.78, 5) is 30.0. The summed E-state index contributed by atoms with van der Waals surface area (Å²) in [6.45, 7) is 11.3. The predicted octanol–water partition coefficient (Wildman–Crippen LogP) is 5.79. The fourth-order valence-electron chi connectivity index (χ4n) is 4.07. The average Bonchev–Trinajstić information content (AvgIpc) is 3.08. The van der Waals surface area contributed by atoms with Gasteiger partial charge >= 0.3 is 0 Å². The molecule has 0 bridgehead atoms. The second-order valence-corrected chi connectivity index (χ2v) is 9.76. The van der Waals surface area contributed by atoms with Crippen LogP contribution in [0.5, 0.6) is 5.75 Å². The van der Waals surface area contributed by atoms with Gasteiger partial charge in [0.05, 0.1) is 18.2 Å². The number of ether oxygens (including phenoxy) is 1. The van der Waals surface area contributed by atoms with Gasteiger partial charge in [0.15, 0.2) is 0 Å². The Morgan fingerprint density at radius 3 is 2.31 bits per heavy atom. The number of likely N-dealkylation sites (N-methyl/N-ethyl adjacent to an activating group) is 1. The zero-order valence-corrected chi connectivity index (χ0v) is 22.1. The molecule has 1 aliphatic rings. The zero-order chi connectivity index (χ0) is 25.7. The third-order valence-electron chi connectivity index (χ3n) is 6.06. The van der Waals surface area contributed by atoms with Crippen molar-refractivity contribution in [2.45, 2.75) is 33.7 Å². The van der Waals surface area contributed by atoms with Crippen LogP contribution in [0.25, 0.3) is 5.76 Å². The minimum absolute atomic E-state index is 0.00891. The molecule has 1 amide bonds. The van der Waals surface area contributed by atoms with Gasteiger partial charge in [0.2, 0.25) is 0 Å². The number of likely N-dealkylation sites (tertiary alicyclic amines) is 1. The number of aliphatic hydroxyl groups excluding tert-OH is 1. The monoisotopic (exact) mass is 518 g/mol. The Kier molecular flexibility index (Phi) is 9.22. The largest absolute Gasteiger partial charge is 0.507 e. The molecule has 1 fully saturated rings. The van der Waals surface area contributed by atoms with E-state index in [1.807, 2.05) is 13.8 Å². The minimum Gasteiger partial charge on any atom is -0.507 e. The number of hydrogen-bond donors (Lipinski definition) is 1. The van der Waals surface area contributed by atoms with Crippen LogP contribution in [0.2, 0.25) is 10.0 Å². The van der Waals surface area contributed by atoms with Crippen LogP contribution < -0.4 is 4.74 Å². The van der Waals surface area contributed by atoms with Crippen LogP contribution in [0, 0.1) is 5.92 Å². The lowest BCUT2D eigenvalue weighted by molar-refractivity contribution is -0.140. The van der Waals surface area contributed by atoms with Crippen molar-refractivity contribution in [1.29, 1.82) is 0 Å². The van der Waals surface area contributed by atoms with E-state index in [1.165, 1.54) is 4.90 Å². The van der Waals surface area contributed by atoms with Crippen LogP contribution in [0.15, 0.2) is 48.0 Å². The number of hydrogen-bond acceptors (Lipinski definition) is 5. The fourth-order valence-corrected chi connectivity index (χ4v) is 4.59. The zero-order valence-electron chi connectivity index (χ0n) is 20.6. The molecule has 0 radical (unpaired) electrons. The summed E-state index contributed by atoms with van der Waals surface area (Å²) in [5.74, 6) is -0.614. The molecule has 1 unspecified atom stereocenters. The molecule has 0 aromatic heterocycles. The highest BCUT2D eigenvalue weighted by atomic mass is 35.5. The Balaban J connectivity index is 2.05. The highest BCUT2D eigenvalue weighted by Gasteiger charge is 2.46. The Labute approximate surface area is 217 Å². The molecule has 0 saturated carbocycles. The van der Waals surface area contributed by atoms with Crippen LogP contribution in [-0.2, 0) is 9.59 Å². The molecular formula is C27H32Cl2N2O4. The van der Waals surface area contributed by atoms with E-state index in [9.17, 15) is 14.7 Å². The van der Waals surface area contributed by atoms with Crippen molar-refractivity contribution in [3.63, 3.8) is 0 Å². The van der Waals surface area contributed by atoms with Gasteiger partial charge < -0.3 is 19.6 Å². The number of nitrogens with zero attached hydrogens (tertiary/aromatic N) is 2. The lowest BCUT2D eigenvalue weighted by Crippen LogP contribution is -2.38. The van der Waals surface area contributed by atoms with E-state index >= 15 is 0 Å². The van der Waals surface area contributed by atoms with E-state index in [1.54, 1.807) is 42.5 Å². The van der Waals surface area contributed by atoms with Gasteiger partial charge in [-0.15, -0.1) is 0 Å². The summed E-state index contributed by atoms with van der Waals surface area (Å²) >= 11 is 12.6. The summed E-state index contributed by atoms with van der Waals surface area (Å²) in [5.41, 5.74) is 0.960. The molecule has 35 heavy (non-hydrogen) atoms. The molecule has 3 rings (SSSR count). The molecule has 1 heterocycles. The van der Waals surface area contributed by atoms with Crippen molar-refractivity contribution in [1.82, 2.24) is 9.80 Å². The molecule has 1 N–H and O–H groups in total. The van der Waals surface area contributed by atoms with E-state index in [0.717, 1.165) is 13.1 Å². The van der Waals surface area contributed by atoms with Gasteiger partial charge in [0.1, 0.15) is 11.5 Å². The van der Waals surface area contributed by atoms with Crippen LogP contribution in [0.4, 0.5) is 0 Å². The summed E-state index contributed by atoms with van der Waals surface area (Å²) in [7, 11) is 0. The molecular weight excluding hydrogens is 487 g/mol. The van der Waals surface area contributed by atoms with E-state index in [2.05, 4.69) is 18.7 Å². The van der Waals surface area contributed by atoms with Gasteiger partial charge in [-0.2, -0.15) is 0 Å². The Morgan fingerprint density at radius 2 is 1.74 bits per heavy atom. The lowest BCUT2D eigenvalue weighted by Gasteiger charge is -2.28. The van der Waals surface area contributed by atoms with Gasteiger partial charge in [-0.05, 0) is 61.0 Å². The second-order valence-electron chi connectivity index (χ2n) is 8.91. The molecule has 0 aliphatic carbocycles. The molecule has 6 nitrogen and oxygen atoms in total. The molecule has 1 saturated heterocycles. The average molecular weight is 519 g/mol. The molecule has 2 aromatic rings. The number of Topliss-reactive ketones (excluding diaryl/α,β-unsaturated/α-hetero) is 1. The number of halogens is 2. The van der Waals surface area contributed by atoms with Crippen molar-refractivity contribution in [3.8, 4) is 5.75 Å². The van der Waals surface area contributed by atoms with Crippen molar-refractivity contribution in [2.75, 3.05) is 32.8 Å².